The second-order valence-electron chi connectivity index (χ2n) is 4.17. The number of benzene rings is 2. The van der Waals surface area contributed by atoms with Gasteiger partial charge in [0.1, 0.15) is 18.2 Å². The molecule has 0 saturated carbocycles. The number of hydrogen-bond donors (Lipinski definition) is 0. The van der Waals surface area contributed by atoms with Crippen molar-refractivity contribution in [2.24, 2.45) is 0 Å². The normalized spacial score (nSPS) is 10.3. The summed E-state index contributed by atoms with van der Waals surface area (Å²) in [5.74, 6) is -0.185. The van der Waals surface area contributed by atoms with Crippen molar-refractivity contribution in [1.29, 1.82) is 0 Å². The lowest BCUT2D eigenvalue weighted by molar-refractivity contribution is -0.120. The van der Waals surface area contributed by atoms with E-state index in [1.54, 1.807) is 36.4 Å². The smallest absolute Gasteiger partial charge is 0.174 e. The van der Waals surface area contributed by atoms with Crippen molar-refractivity contribution >= 4 is 33.3 Å². The van der Waals surface area contributed by atoms with E-state index in [0.29, 0.717) is 16.3 Å². The van der Waals surface area contributed by atoms with E-state index >= 15 is 0 Å². The number of halogens is 3. The van der Waals surface area contributed by atoms with Crippen molar-refractivity contribution in [3.05, 3.63) is 63.3 Å². The molecule has 2 aromatic rings. The minimum Gasteiger partial charge on any atom is -0.484 e. The summed E-state index contributed by atoms with van der Waals surface area (Å²) in [6.45, 7) is -0.148. The van der Waals surface area contributed by atoms with Gasteiger partial charge in [0.15, 0.2) is 5.78 Å². The summed E-state index contributed by atoms with van der Waals surface area (Å²) in [4.78, 5) is 11.8. The van der Waals surface area contributed by atoms with Crippen LogP contribution in [0.3, 0.4) is 0 Å². The van der Waals surface area contributed by atoms with Crippen LogP contribution in [0.25, 0.3) is 0 Å². The number of rotatable bonds is 5. The molecule has 0 N–H and O–H groups in total. The Labute approximate surface area is 129 Å². The van der Waals surface area contributed by atoms with E-state index in [4.69, 9.17) is 16.3 Å². The van der Waals surface area contributed by atoms with Crippen molar-refractivity contribution in [2.75, 3.05) is 6.61 Å². The molecule has 2 nitrogen and oxygen atoms in total. The number of carbonyl (C=O) groups excluding carboxylic acids is 1. The highest BCUT2D eigenvalue weighted by Gasteiger charge is 2.10. The van der Waals surface area contributed by atoms with Gasteiger partial charge in [0.2, 0.25) is 0 Å². The summed E-state index contributed by atoms with van der Waals surface area (Å²) < 4.78 is 19.6. The van der Waals surface area contributed by atoms with Crippen LogP contribution in [0.15, 0.2) is 46.9 Å². The summed E-state index contributed by atoms with van der Waals surface area (Å²) in [6.07, 6.45) is -0.00169. The highest BCUT2D eigenvalue weighted by molar-refractivity contribution is 9.10. The van der Waals surface area contributed by atoms with E-state index in [1.165, 1.54) is 6.07 Å². The fourth-order valence-corrected chi connectivity index (χ4v) is 2.16. The standard InChI is InChI=1S/C15H11BrClFO2/c16-11-5-6-13(17)15(8-11)20-9-12(19)7-10-3-1-2-4-14(10)18/h1-6,8H,7,9H2. The zero-order chi connectivity index (χ0) is 14.5. The Balaban J connectivity index is 1.96. The Bertz CT molecular complexity index is 631. The molecule has 0 saturated heterocycles. The number of Topliss-reactive ketones (excluding diaryl/α,β-unsaturated/α-hetero) is 1. The highest BCUT2D eigenvalue weighted by atomic mass is 79.9. The van der Waals surface area contributed by atoms with Crippen LogP contribution in [0.1, 0.15) is 5.56 Å². The van der Waals surface area contributed by atoms with Gasteiger partial charge in [-0.2, -0.15) is 0 Å². The van der Waals surface area contributed by atoms with E-state index in [-0.39, 0.29) is 24.6 Å². The molecule has 0 aliphatic rings. The molecule has 2 rings (SSSR count). The average molecular weight is 358 g/mol. The number of ether oxygens (including phenoxy) is 1. The maximum Gasteiger partial charge on any atom is 0.174 e. The monoisotopic (exact) mass is 356 g/mol. The summed E-state index contributed by atoms with van der Waals surface area (Å²) >= 11 is 9.24. The summed E-state index contributed by atoms with van der Waals surface area (Å²) in [7, 11) is 0. The molecule has 0 aliphatic carbocycles. The van der Waals surface area contributed by atoms with E-state index in [1.807, 2.05) is 0 Å². The molecule has 0 unspecified atom stereocenters. The van der Waals surface area contributed by atoms with Crippen LogP contribution in [0, 0.1) is 5.82 Å². The molecular formula is C15H11BrClFO2. The number of carbonyl (C=O) groups is 1. The minimum absolute atomic E-state index is 0.00169. The summed E-state index contributed by atoms with van der Waals surface area (Å²) in [5, 5.41) is 0.423. The first-order valence-electron chi connectivity index (χ1n) is 5.89. The van der Waals surface area contributed by atoms with Gasteiger partial charge in [0.05, 0.1) is 5.02 Å². The molecule has 0 fully saturated rings. The second-order valence-corrected chi connectivity index (χ2v) is 5.49. The van der Waals surface area contributed by atoms with Gasteiger partial charge in [-0.3, -0.25) is 4.79 Å². The molecule has 0 heterocycles. The zero-order valence-electron chi connectivity index (χ0n) is 10.4. The molecular weight excluding hydrogens is 347 g/mol. The van der Waals surface area contributed by atoms with Crippen LogP contribution in [0.5, 0.6) is 5.75 Å². The third-order valence-corrected chi connectivity index (χ3v) is 3.43. The Morgan fingerprint density at radius 1 is 1.25 bits per heavy atom. The van der Waals surface area contributed by atoms with Crippen molar-refractivity contribution in [1.82, 2.24) is 0 Å². The lowest BCUT2D eigenvalue weighted by atomic mass is 10.1. The van der Waals surface area contributed by atoms with E-state index < -0.39 is 0 Å². The summed E-state index contributed by atoms with van der Waals surface area (Å²) in [5.41, 5.74) is 0.362. The Morgan fingerprint density at radius 3 is 2.75 bits per heavy atom. The number of ketones is 1. The Morgan fingerprint density at radius 2 is 2.00 bits per heavy atom. The van der Waals surface area contributed by atoms with Crippen LogP contribution < -0.4 is 4.74 Å². The molecule has 2 aromatic carbocycles. The molecule has 0 aliphatic heterocycles. The van der Waals surface area contributed by atoms with Gasteiger partial charge < -0.3 is 4.74 Å². The minimum atomic E-state index is -0.388. The second kappa shape index (κ2) is 6.86. The van der Waals surface area contributed by atoms with Crippen LogP contribution in [0.4, 0.5) is 4.39 Å². The summed E-state index contributed by atoms with van der Waals surface area (Å²) in [6, 6.07) is 11.3. The molecule has 0 spiro atoms. The van der Waals surface area contributed by atoms with Gasteiger partial charge >= 0.3 is 0 Å². The Kier molecular flexibility index (Phi) is 5.15. The molecule has 0 aromatic heterocycles. The largest absolute Gasteiger partial charge is 0.484 e. The fourth-order valence-electron chi connectivity index (χ4n) is 1.65. The first-order valence-corrected chi connectivity index (χ1v) is 7.06. The van der Waals surface area contributed by atoms with Crippen LogP contribution >= 0.6 is 27.5 Å². The van der Waals surface area contributed by atoms with E-state index in [0.717, 1.165) is 4.47 Å². The molecule has 0 amide bonds. The molecule has 20 heavy (non-hydrogen) atoms. The van der Waals surface area contributed by atoms with Crippen molar-refractivity contribution in [3.63, 3.8) is 0 Å². The predicted molar refractivity (Wildman–Crippen MR) is 79.8 cm³/mol. The third kappa shape index (κ3) is 4.05. The van der Waals surface area contributed by atoms with E-state index in [2.05, 4.69) is 15.9 Å². The molecule has 0 bridgehead atoms. The van der Waals surface area contributed by atoms with Gasteiger partial charge in [0.25, 0.3) is 0 Å². The van der Waals surface area contributed by atoms with Gasteiger partial charge in [-0.25, -0.2) is 4.39 Å². The van der Waals surface area contributed by atoms with Crippen molar-refractivity contribution < 1.29 is 13.9 Å². The lowest BCUT2D eigenvalue weighted by Crippen LogP contribution is -2.14. The predicted octanol–water partition coefficient (Wildman–Crippen LogP) is 4.43. The van der Waals surface area contributed by atoms with Gasteiger partial charge in [-0.05, 0) is 29.8 Å². The maximum atomic E-state index is 13.4. The van der Waals surface area contributed by atoms with Crippen LogP contribution in [0.2, 0.25) is 5.02 Å². The first-order chi connectivity index (χ1) is 9.56. The molecule has 0 radical (unpaired) electrons. The topological polar surface area (TPSA) is 26.3 Å². The van der Waals surface area contributed by atoms with Gasteiger partial charge in [-0.15, -0.1) is 0 Å². The maximum absolute atomic E-state index is 13.4. The van der Waals surface area contributed by atoms with Gasteiger partial charge in [-0.1, -0.05) is 45.7 Å². The Hall–Kier alpha value is -1.39. The van der Waals surface area contributed by atoms with Gasteiger partial charge in [0, 0.05) is 10.9 Å². The molecule has 5 heteroatoms. The van der Waals surface area contributed by atoms with E-state index in [9.17, 15) is 9.18 Å². The lowest BCUT2D eigenvalue weighted by Gasteiger charge is -2.08. The third-order valence-electron chi connectivity index (χ3n) is 2.63. The number of hydrogen-bond acceptors (Lipinski definition) is 2. The fraction of sp³-hybridized carbons (Fsp3) is 0.133. The van der Waals surface area contributed by atoms with Crippen LogP contribution in [-0.4, -0.2) is 12.4 Å². The molecule has 0 atom stereocenters. The zero-order valence-corrected chi connectivity index (χ0v) is 12.7. The first kappa shape index (κ1) is 15.0. The average Bonchev–Trinajstić information content (AvgIpc) is 2.42. The van der Waals surface area contributed by atoms with Crippen molar-refractivity contribution in [2.45, 2.75) is 6.42 Å². The highest BCUT2D eigenvalue weighted by Crippen LogP contribution is 2.27. The van der Waals surface area contributed by atoms with Crippen molar-refractivity contribution in [3.8, 4) is 5.75 Å². The SMILES string of the molecule is O=C(COc1cc(Br)ccc1Cl)Cc1ccccc1F. The molecule has 104 valence electrons. The quantitative estimate of drug-likeness (QED) is 0.791. The van der Waals surface area contributed by atoms with Crippen LogP contribution in [-0.2, 0) is 11.2 Å².